The summed E-state index contributed by atoms with van der Waals surface area (Å²) in [6.07, 6.45) is 0. The summed E-state index contributed by atoms with van der Waals surface area (Å²) in [5, 5.41) is 13.6. The van der Waals surface area contributed by atoms with Gasteiger partial charge >= 0.3 is 5.00 Å². The molecular formula is C10H15N3O3S. The smallest absolute Gasteiger partial charge is 0.324 e. The van der Waals surface area contributed by atoms with Crippen LogP contribution in [0.2, 0.25) is 0 Å². The first-order valence-corrected chi connectivity index (χ1v) is 5.99. The molecule has 3 N–H and O–H groups in total. The Morgan fingerprint density at radius 1 is 1.59 bits per heavy atom. The van der Waals surface area contributed by atoms with Crippen LogP contribution in [0, 0.1) is 16.0 Å². The Morgan fingerprint density at radius 3 is 2.65 bits per heavy atom. The van der Waals surface area contributed by atoms with Crippen LogP contribution in [-0.2, 0) is 11.3 Å². The van der Waals surface area contributed by atoms with Crippen molar-refractivity contribution in [3.05, 3.63) is 27.1 Å². The summed E-state index contributed by atoms with van der Waals surface area (Å²) in [7, 11) is 0. The maximum absolute atomic E-state index is 11.1. The normalized spacial score (nSPS) is 12.6. The van der Waals surface area contributed by atoms with Gasteiger partial charge in [0.15, 0.2) is 0 Å². The Hall–Kier alpha value is -1.47. The maximum atomic E-state index is 11.1. The lowest BCUT2D eigenvalue weighted by Crippen LogP contribution is -2.44. The number of hydrogen-bond acceptors (Lipinski definition) is 5. The van der Waals surface area contributed by atoms with E-state index in [1.807, 2.05) is 13.8 Å². The van der Waals surface area contributed by atoms with Gasteiger partial charge in [-0.05, 0) is 12.0 Å². The lowest BCUT2D eigenvalue weighted by molar-refractivity contribution is -0.380. The number of rotatable bonds is 6. The van der Waals surface area contributed by atoms with Gasteiger partial charge in [-0.2, -0.15) is 0 Å². The van der Waals surface area contributed by atoms with Crippen LogP contribution in [0.15, 0.2) is 12.1 Å². The molecule has 7 heteroatoms. The molecule has 0 fully saturated rings. The minimum Gasteiger partial charge on any atom is -0.368 e. The van der Waals surface area contributed by atoms with E-state index in [0.717, 1.165) is 16.2 Å². The number of nitro groups is 1. The van der Waals surface area contributed by atoms with Crippen LogP contribution >= 0.6 is 11.3 Å². The second kappa shape index (κ2) is 5.74. The molecule has 1 unspecified atom stereocenters. The Labute approximate surface area is 103 Å². The van der Waals surface area contributed by atoms with Gasteiger partial charge in [0.05, 0.1) is 11.0 Å². The van der Waals surface area contributed by atoms with Gasteiger partial charge in [0.2, 0.25) is 5.91 Å². The van der Waals surface area contributed by atoms with E-state index in [-0.39, 0.29) is 10.9 Å². The molecule has 0 aliphatic carbocycles. The molecule has 94 valence electrons. The van der Waals surface area contributed by atoms with Crippen molar-refractivity contribution < 1.29 is 9.72 Å². The molecule has 0 aromatic carbocycles. The highest BCUT2D eigenvalue weighted by molar-refractivity contribution is 7.15. The molecule has 0 aliphatic rings. The predicted octanol–water partition coefficient (Wildman–Crippen LogP) is 1.26. The van der Waals surface area contributed by atoms with Crippen LogP contribution in [0.4, 0.5) is 5.00 Å². The molecule has 1 aromatic rings. The topological polar surface area (TPSA) is 98.3 Å². The van der Waals surface area contributed by atoms with Crippen LogP contribution in [0.5, 0.6) is 0 Å². The quantitative estimate of drug-likeness (QED) is 0.592. The summed E-state index contributed by atoms with van der Waals surface area (Å²) in [5.74, 6) is -0.325. The van der Waals surface area contributed by atoms with Gasteiger partial charge in [-0.25, -0.2) is 0 Å². The van der Waals surface area contributed by atoms with Crippen LogP contribution < -0.4 is 11.1 Å². The van der Waals surface area contributed by atoms with Crippen LogP contribution in [0.1, 0.15) is 18.7 Å². The van der Waals surface area contributed by atoms with E-state index >= 15 is 0 Å². The second-order valence-electron chi connectivity index (χ2n) is 4.00. The molecule has 1 rings (SSSR count). The number of thiophene rings is 1. The molecule has 0 aliphatic heterocycles. The molecule has 6 nitrogen and oxygen atoms in total. The third-order valence-corrected chi connectivity index (χ3v) is 3.33. The van der Waals surface area contributed by atoms with E-state index in [2.05, 4.69) is 5.32 Å². The van der Waals surface area contributed by atoms with Gasteiger partial charge in [-0.3, -0.25) is 14.9 Å². The van der Waals surface area contributed by atoms with Gasteiger partial charge in [0.1, 0.15) is 0 Å². The van der Waals surface area contributed by atoms with Crippen molar-refractivity contribution in [3.8, 4) is 0 Å². The predicted molar refractivity (Wildman–Crippen MR) is 65.6 cm³/mol. The van der Waals surface area contributed by atoms with Crippen molar-refractivity contribution in [2.24, 2.45) is 11.7 Å². The summed E-state index contributed by atoms with van der Waals surface area (Å²) in [5.41, 5.74) is 5.25. The zero-order chi connectivity index (χ0) is 13.0. The van der Waals surface area contributed by atoms with Crippen molar-refractivity contribution in [2.75, 3.05) is 0 Å². The summed E-state index contributed by atoms with van der Waals surface area (Å²) in [6, 6.07) is 2.71. The van der Waals surface area contributed by atoms with E-state index in [1.54, 1.807) is 6.07 Å². The average Bonchev–Trinajstić information content (AvgIpc) is 2.65. The van der Waals surface area contributed by atoms with Crippen LogP contribution in [0.3, 0.4) is 0 Å². The Kier molecular flexibility index (Phi) is 4.59. The van der Waals surface area contributed by atoms with E-state index in [0.29, 0.717) is 6.54 Å². The first kappa shape index (κ1) is 13.6. The Morgan fingerprint density at radius 2 is 2.24 bits per heavy atom. The maximum Gasteiger partial charge on any atom is 0.324 e. The number of nitrogens with two attached hydrogens (primary N) is 1. The van der Waals surface area contributed by atoms with Gasteiger partial charge in [0.25, 0.3) is 0 Å². The van der Waals surface area contributed by atoms with E-state index in [9.17, 15) is 14.9 Å². The van der Waals surface area contributed by atoms with Crippen LogP contribution in [-0.4, -0.2) is 16.9 Å². The number of carbonyl (C=O) groups excluding carboxylic acids is 1. The molecular weight excluding hydrogens is 242 g/mol. The molecule has 0 spiro atoms. The number of nitrogens with zero attached hydrogens (tertiary/aromatic N) is 1. The summed E-state index contributed by atoms with van der Waals surface area (Å²) >= 11 is 1.09. The fourth-order valence-corrected chi connectivity index (χ4v) is 2.21. The lowest BCUT2D eigenvalue weighted by atomic mass is 10.0. The van der Waals surface area contributed by atoms with E-state index in [1.165, 1.54) is 6.07 Å². The zero-order valence-corrected chi connectivity index (χ0v) is 10.5. The summed E-state index contributed by atoms with van der Waals surface area (Å²) in [6.45, 7) is 4.18. The third-order valence-electron chi connectivity index (χ3n) is 2.30. The number of primary amides is 1. The zero-order valence-electron chi connectivity index (χ0n) is 9.67. The number of carbonyl (C=O) groups is 1. The molecule has 0 saturated carbocycles. The van der Waals surface area contributed by atoms with Gasteiger partial charge in [0, 0.05) is 17.5 Å². The average molecular weight is 257 g/mol. The van der Waals surface area contributed by atoms with Crippen molar-refractivity contribution in [1.82, 2.24) is 5.32 Å². The first-order valence-electron chi connectivity index (χ1n) is 5.17. The standard InChI is InChI=1S/C10H15N3O3S/c1-6(2)9(10(11)14)12-5-7-3-4-8(17-7)13(15)16/h3-4,6,9,12H,5H2,1-2H3,(H2,11,14). The molecule has 0 bridgehead atoms. The highest BCUT2D eigenvalue weighted by atomic mass is 32.1. The van der Waals surface area contributed by atoms with Crippen molar-refractivity contribution in [3.63, 3.8) is 0 Å². The summed E-state index contributed by atoms with van der Waals surface area (Å²) in [4.78, 5) is 22.0. The van der Waals surface area contributed by atoms with E-state index < -0.39 is 16.9 Å². The fraction of sp³-hybridized carbons (Fsp3) is 0.500. The second-order valence-corrected chi connectivity index (χ2v) is 5.15. The Balaban J connectivity index is 2.59. The molecule has 1 atom stereocenters. The van der Waals surface area contributed by atoms with Crippen molar-refractivity contribution in [2.45, 2.75) is 26.4 Å². The number of nitrogens with one attached hydrogen (secondary N) is 1. The highest BCUT2D eigenvalue weighted by Gasteiger charge is 2.19. The minimum atomic E-state index is -0.428. The number of amides is 1. The first-order chi connectivity index (χ1) is 7.91. The van der Waals surface area contributed by atoms with Gasteiger partial charge in [-0.1, -0.05) is 25.2 Å². The summed E-state index contributed by atoms with van der Waals surface area (Å²) < 4.78 is 0. The van der Waals surface area contributed by atoms with Crippen molar-refractivity contribution >= 4 is 22.2 Å². The monoisotopic (exact) mass is 257 g/mol. The van der Waals surface area contributed by atoms with Crippen LogP contribution in [0.25, 0.3) is 0 Å². The lowest BCUT2D eigenvalue weighted by Gasteiger charge is -2.18. The van der Waals surface area contributed by atoms with Gasteiger partial charge < -0.3 is 11.1 Å². The molecule has 1 amide bonds. The Bertz CT molecular complexity index is 417. The largest absolute Gasteiger partial charge is 0.368 e. The molecule has 1 aromatic heterocycles. The fourth-order valence-electron chi connectivity index (χ4n) is 1.44. The van der Waals surface area contributed by atoms with Gasteiger partial charge in [-0.15, -0.1) is 0 Å². The minimum absolute atomic E-state index is 0.0856. The SMILES string of the molecule is CC(C)C(NCc1ccc([N+](=O)[O-])s1)C(N)=O. The molecule has 0 saturated heterocycles. The molecule has 1 heterocycles. The third kappa shape index (κ3) is 3.79. The molecule has 17 heavy (non-hydrogen) atoms. The molecule has 0 radical (unpaired) electrons. The highest BCUT2D eigenvalue weighted by Crippen LogP contribution is 2.23. The number of hydrogen-bond donors (Lipinski definition) is 2. The van der Waals surface area contributed by atoms with Crippen molar-refractivity contribution in [1.29, 1.82) is 0 Å². The van der Waals surface area contributed by atoms with E-state index in [4.69, 9.17) is 5.73 Å².